The maximum atomic E-state index is 12.2. The second kappa shape index (κ2) is 4.63. The van der Waals surface area contributed by atoms with E-state index in [0.717, 1.165) is 20.9 Å². The van der Waals surface area contributed by atoms with Gasteiger partial charge < -0.3 is 9.88 Å². The lowest BCUT2D eigenvalue weighted by molar-refractivity contribution is 0.0956. The fourth-order valence-corrected chi connectivity index (χ4v) is 2.29. The molecule has 0 bridgehead atoms. The van der Waals surface area contributed by atoms with Crippen molar-refractivity contribution in [3.63, 3.8) is 0 Å². The van der Waals surface area contributed by atoms with Crippen molar-refractivity contribution in [1.29, 1.82) is 0 Å². The summed E-state index contributed by atoms with van der Waals surface area (Å²) in [6.07, 6.45) is 1.90. The zero-order valence-corrected chi connectivity index (χ0v) is 11.7. The number of hydrogen-bond acceptors (Lipinski definition) is 2. The summed E-state index contributed by atoms with van der Waals surface area (Å²) in [7, 11) is 3.75. The van der Waals surface area contributed by atoms with Crippen LogP contribution in [0.5, 0.6) is 0 Å². The van der Waals surface area contributed by atoms with E-state index in [1.807, 2.05) is 42.9 Å². The summed E-state index contributed by atoms with van der Waals surface area (Å²) in [6, 6.07) is 5.82. The smallest absolute Gasteiger partial charge is 0.181 e. The van der Waals surface area contributed by atoms with Crippen LogP contribution >= 0.6 is 15.9 Å². The lowest BCUT2D eigenvalue weighted by atomic mass is 10.0. The summed E-state index contributed by atoms with van der Waals surface area (Å²) in [5.41, 5.74) is 1.84. The minimum Gasteiger partial charge on any atom is -0.350 e. The highest BCUT2D eigenvalue weighted by Gasteiger charge is 2.18. The lowest BCUT2D eigenvalue weighted by Crippen LogP contribution is -2.30. The Kier molecular flexibility index (Phi) is 3.35. The molecule has 2 aromatic rings. The molecule has 0 aliphatic heterocycles. The van der Waals surface area contributed by atoms with Crippen LogP contribution in [0, 0.1) is 0 Å². The fourth-order valence-electron chi connectivity index (χ4n) is 1.92. The molecule has 90 valence electrons. The first-order valence-corrected chi connectivity index (χ1v) is 6.30. The number of aromatic nitrogens is 1. The average molecular weight is 295 g/mol. The van der Waals surface area contributed by atoms with Crippen molar-refractivity contribution in [1.82, 2.24) is 9.88 Å². The molecule has 1 aromatic carbocycles. The van der Waals surface area contributed by atoms with Gasteiger partial charge in [0.05, 0.1) is 6.04 Å². The lowest BCUT2D eigenvalue weighted by Gasteiger charge is -2.07. The normalized spacial score (nSPS) is 12.9. The number of halogens is 1. The highest BCUT2D eigenvalue weighted by Crippen LogP contribution is 2.25. The number of aryl methyl sites for hydroxylation is 1. The van der Waals surface area contributed by atoms with Crippen LogP contribution in [0.25, 0.3) is 10.9 Å². The zero-order valence-electron chi connectivity index (χ0n) is 10.1. The number of benzene rings is 1. The maximum Gasteiger partial charge on any atom is 0.181 e. The van der Waals surface area contributed by atoms with Crippen molar-refractivity contribution in [3.05, 3.63) is 34.4 Å². The van der Waals surface area contributed by atoms with Crippen LogP contribution in [0.15, 0.2) is 28.9 Å². The van der Waals surface area contributed by atoms with Crippen molar-refractivity contribution in [2.75, 3.05) is 7.05 Å². The first-order valence-electron chi connectivity index (χ1n) is 5.50. The Labute approximate surface area is 109 Å². The standard InChI is InChI=1S/C13H15BrN2O/c1-8(15-2)13(17)11-7-16(3)12-5-4-9(14)6-10(11)12/h4-8,15H,1-3H3. The molecule has 3 nitrogen and oxygen atoms in total. The summed E-state index contributed by atoms with van der Waals surface area (Å²) in [5.74, 6) is 0.121. The van der Waals surface area contributed by atoms with E-state index < -0.39 is 0 Å². The van der Waals surface area contributed by atoms with Gasteiger partial charge in [-0.25, -0.2) is 0 Å². The Hall–Kier alpha value is -1.13. The minimum absolute atomic E-state index is 0.121. The molecule has 1 aromatic heterocycles. The van der Waals surface area contributed by atoms with Gasteiger partial charge in [0.2, 0.25) is 0 Å². The summed E-state index contributed by atoms with van der Waals surface area (Å²) in [6.45, 7) is 1.87. The van der Waals surface area contributed by atoms with Crippen LogP contribution in [0.4, 0.5) is 0 Å². The molecule has 0 amide bonds. The number of carbonyl (C=O) groups is 1. The number of Topliss-reactive ketones (excluding diaryl/α,β-unsaturated/α-hetero) is 1. The first-order chi connectivity index (χ1) is 8.04. The van der Waals surface area contributed by atoms with E-state index in [1.165, 1.54) is 0 Å². The van der Waals surface area contributed by atoms with Crippen LogP contribution in [0.2, 0.25) is 0 Å². The van der Waals surface area contributed by atoms with E-state index in [1.54, 1.807) is 7.05 Å². The molecule has 0 saturated heterocycles. The highest BCUT2D eigenvalue weighted by molar-refractivity contribution is 9.10. The molecule has 0 spiro atoms. The van der Waals surface area contributed by atoms with E-state index >= 15 is 0 Å². The molecule has 0 aliphatic carbocycles. The largest absolute Gasteiger partial charge is 0.350 e. The number of ketones is 1. The van der Waals surface area contributed by atoms with Gasteiger partial charge in [0, 0.05) is 34.2 Å². The Bertz CT molecular complexity index is 574. The molecule has 2 rings (SSSR count). The number of likely N-dealkylation sites (N-methyl/N-ethyl adjacent to an activating group) is 1. The third kappa shape index (κ3) is 2.15. The van der Waals surface area contributed by atoms with Crippen LogP contribution in [0.1, 0.15) is 17.3 Å². The predicted molar refractivity (Wildman–Crippen MR) is 73.5 cm³/mol. The molecular formula is C13H15BrN2O. The average Bonchev–Trinajstić information content (AvgIpc) is 2.64. The van der Waals surface area contributed by atoms with Crippen molar-refractivity contribution >= 4 is 32.6 Å². The summed E-state index contributed by atoms with van der Waals surface area (Å²) < 4.78 is 2.97. The number of rotatable bonds is 3. The Balaban J connectivity index is 2.62. The number of hydrogen-bond donors (Lipinski definition) is 1. The topological polar surface area (TPSA) is 34.0 Å². The van der Waals surface area contributed by atoms with Gasteiger partial charge in [0.15, 0.2) is 5.78 Å². The van der Waals surface area contributed by atoms with Crippen molar-refractivity contribution < 1.29 is 4.79 Å². The molecule has 1 unspecified atom stereocenters. The monoisotopic (exact) mass is 294 g/mol. The van der Waals surface area contributed by atoms with Gasteiger partial charge in [-0.1, -0.05) is 15.9 Å². The van der Waals surface area contributed by atoms with E-state index in [4.69, 9.17) is 0 Å². The Morgan fingerprint density at radius 3 is 2.82 bits per heavy atom. The van der Waals surface area contributed by atoms with Gasteiger partial charge in [-0.3, -0.25) is 4.79 Å². The third-order valence-electron chi connectivity index (χ3n) is 3.04. The molecule has 0 saturated carbocycles. The van der Waals surface area contributed by atoms with Crippen molar-refractivity contribution in [3.8, 4) is 0 Å². The van der Waals surface area contributed by atoms with Crippen molar-refractivity contribution in [2.24, 2.45) is 7.05 Å². The summed E-state index contributed by atoms with van der Waals surface area (Å²) >= 11 is 3.44. The molecule has 0 radical (unpaired) electrons. The molecule has 0 aliphatic rings. The predicted octanol–water partition coefficient (Wildman–Crippen LogP) is 2.73. The Morgan fingerprint density at radius 2 is 2.18 bits per heavy atom. The van der Waals surface area contributed by atoms with E-state index in [9.17, 15) is 4.79 Å². The van der Waals surface area contributed by atoms with Crippen LogP contribution in [-0.4, -0.2) is 23.4 Å². The van der Waals surface area contributed by atoms with Crippen LogP contribution < -0.4 is 5.32 Å². The molecule has 17 heavy (non-hydrogen) atoms. The summed E-state index contributed by atoms with van der Waals surface area (Å²) in [4.78, 5) is 12.2. The van der Waals surface area contributed by atoms with Gasteiger partial charge >= 0.3 is 0 Å². The van der Waals surface area contributed by atoms with Crippen molar-refractivity contribution in [2.45, 2.75) is 13.0 Å². The van der Waals surface area contributed by atoms with Gasteiger partial charge in [0.1, 0.15) is 0 Å². The van der Waals surface area contributed by atoms with E-state index in [-0.39, 0.29) is 11.8 Å². The molecule has 1 heterocycles. The van der Waals surface area contributed by atoms with E-state index in [2.05, 4.69) is 21.2 Å². The second-order valence-corrected chi connectivity index (χ2v) is 5.11. The minimum atomic E-state index is -0.167. The SMILES string of the molecule is CNC(C)C(=O)c1cn(C)c2ccc(Br)cc12. The van der Waals surface area contributed by atoms with Crippen LogP contribution in [0.3, 0.4) is 0 Å². The molecule has 1 atom stereocenters. The number of nitrogens with zero attached hydrogens (tertiary/aromatic N) is 1. The Morgan fingerprint density at radius 1 is 1.47 bits per heavy atom. The number of fused-ring (bicyclic) bond motifs is 1. The molecular weight excluding hydrogens is 280 g/mol. The molecule has 4 heteroatoms. The third-order valence-corrected chi connectivity index (χ3v) is 3.54. The first kappa shape index (κ1) is 12.3. The highest BCUT2D eigenvalue weighted by atomic mass is 79.9. The van der Waals surface area contributed by atoms with Gasteiger partial charge in [0.25, 0.3) is 0 Å². The van der Waals surface area contributed by atoms with Crippen LogP contribution in [-0.2, 0) is 7.05 Å². The second-order valence-electron chi connectivity index (χ2n) is 4.19. The molecule has 0 fully saturated rings. The number of carbonyl (C=O) groups excluding carboxylic acids is 1. The summed E-state index contributed by atoms with van der Waals surface area (Å²) in [5, 5.41) is 3.98. The quantitative estimate of drug-likeness (QED) is 0.883. The molecule has 1 N–H and O–H groups in total. The van der Waals surface area contributed by atoms with Gasteiger partial charge in [-0.05, 0) is 32.2 Å². The maximum absolute atomic E-state index is 12.2. The fraction of sp³-hybridized carbons (Fsp3) is 0.308. The van der Waals surface area contributed by atoms with Gasteiger partial charge in [-0.2, -0.15) is 0 Å². The zero-order chi connectivity index (χ0) is 12.6. The van der Waals surface area contributed by atoms with Gasteiger partial charge in [-0.15, -0.1) is 0 Å². The number of nitrogens with one attached hydrogen (secondary N) is 1. The van der Waals surface area contributed by atoms with E-state index in [0.29, 0.717) is 0 Å².